The lowest BCUT2D eigenvalue weighted by molar-refractivity contribution is 0.0690. The molecule has 0 spiro atoms. The van der Waals surface area contributed by atoms with E-state index in [0.29, 0.717) is 0 Å². The zero-order valence-electron chi connectivity index (χ0n) is 7.08. The molecule has 0 unspecified atom stereocenters. The number of carbonyl (C=O) groups is 1. The molecule has 1 aromatic rings. The van der Waals surface area contributed by atoms with Gasteiger partial charge in [-0.2, -0.15) is 0 Å². The molecule has 0 atom stereocenters. The van der Waals surface area contributed by atoms with Gasteiger partial charge in [0.25, 0.3) is 0 Å². The first-order valence-electron chi connectivity index (χ1n) is 3.66. The van der Waals surface area contributed by atoms with E-state index in [4.69, 9.17) is 9.84 Å². The van der Waals surface area contributed by atoms with Crippen molar-refractivity contribution < 1.29 is 19.0 Å². The second-order valence-electron chi connectivity index (χ2n) is 2.50. The fourth-order valence-electron chi connectivity index (χ4n) is 1.05. The molecule has 0 fully saturated rings. The largest absolute Gasteiger partial charge is 0.478 e. The molecule has 1 rings (SSSR count). The van der Waals surface area contributed by atoms with E-state index in [1.54, 1.807) is 0 Å². The van der Waals surface area contributed by atoms with Crippen LogP contribution in [0.4, 0.5) is 4.39 Å². The van der Waals surface area contributed by atoms with Crippen LogP contribution >= 0.6 is 0 Å². The minimum atomic E-state index is -1.15. The Hall–Kier alpha value is -1.42. The van der Waals surface area contributed by atoms with Crippen molar-refractivity contribution in [1.82, 2.24) is 0 Å². The molecule has 0 aliphatic carbocycles. The third kappa shape index (κ3) is 2.03. The summed E-state index contributed by atoms with van der Waals surface area (Å²) in [5.41, 5.74) is 0.0272. The number of hydrogen-bond donors (Lipinski definition) is 1. The van der Waals surface area contributed by atoms with Crippen molar-refractivity contribution in [2.24, 2.45) is 0 Å². The zero-order chi connectivity index (χ0) is 9.84. The molecular formula is C9H9FO3. The lowest BCUT2D eigenvalue weighted by Gasteiger charge is -2.05. The molecule has 3 nitrogen and oxygen atoms in total. The Morgan fingerprint density at radius 3 is 2.85 bits per heavy atom. The van der Waals surface area contributed by atoms with Crippen LogP contribution in [-0.2, 0) is 11.3 Å². The highest BCUT2D eigenvalue weighted by atomic mass is 19.1. The summed E-state index contributed by atoms with van der Waals surface area (Å²) in [6.07, 6.45) is 0. The predicted octanol–water partition coefficient (Wildman–Crippen LogP) is 1.67. The van der Waals surface area contributed by atoms with E-state index in [0.717, 1.165) is 0 Å². The van der Waals surface area contributed by atoms with Crippen molar-refractivity contribution in [3.8, 4) is 0 Å². The van der Waals surface area contributed by atoms with E-state index in [1.165, 1.54) is 25.3 Å². The fraction of sp³-hybridized carbons (Fsp3) is 0.222. The van der Waals surface area contributed by atoms with E-state index in [1.807, 2.05) is 0 Å². The Balaban J connectivity index is 3.17. The van der Waals surface area contributed by atoms with Gasteiger partial charge in [0.05, 0.1) is 12.2 Å². The molecule has 1 N–H and O–H groups in total. The van der Waals surface area contributed by atoms with Gasteiger partial charge in [-0.15, -0.1) is 0 Å². The Labute approximate surface area is 74.8 Å². The SMILES string of the molecule is COCc1c(F)cccc1C(=O)O. The lowest BCUT2D eigenvalue weighted by atomic mass is 10.1. The summed E-state index contributed by atoms with van der Waals surface area (Å²) >= 11 is 0. The normalized spacial score (nSPS) is 10.0. The van der Waals surface area contributed by atoms with Crippen molar-refractivity contribution in [1.29, 1.82) is 0 Å². The van der Waals surface area contributed by atoms with Crippen LogP contribution in [-0.4, -0.2) is 18.2 Å². The molecule has 0 aliphatic rings. The average Bonchev–Trinajstić information content (AvgIpc) is 2.08. The van der Waals surface area contributed by atoms with E-state index in [-0.39, 0.29) is 17.7 Å². The van der Waals surface area contributed by atoms with Crippen LogP contribution in [0.25, 0.3) is 0 Å². The molecule has 4 heteroatoms. The van der Waals surface area contributed by atoms with Gasteiger partial charge >= 0.3 is 5.97 Å². The number of methoxy groups -OCH3 is 1. The van der Waals surface area contributed by atoms with E-state index < -0.39 is 11.8 Å². The molecule has 0 bridgehead atoms. The van der Waals surface area contributed by atoms with Crippen molar-refractivity contribution in [2.75, 3.05) is 7.11 Å². The molecule has 1 aromatic carbocycles. The number of carboxylic acid groups (broad SMARTS) is 1. The van der Waals surface area contributed by atoms with E-state index in [9.17, 15) is 9.18 Å². The Bertz CT molecular complexity index is 323. The van der Waals surface area contributed by atoms with E-state index in [2.05, 4.69) is 0 Å². The van der Waals surface area contributed by atoms with Crippen LogP contribution in [0.15, 0.2) is 18.2 Å². The Kier molecular flexibility index (Phi) is 2.97. The van der Waals surface area contributed by atoms with Gasteiger partial charge in [-0.05, 0) is 12.1 Å². The van der Waals surface area contributed by atoms with Crippen LogP contribution in [0.3, 0.4) is 0 Å². The first-order valence-corrected chi connectivity index (χ1v) is 3.66. The molecule has 13 heavy (non-hydrogen) atoms. The second-order valence-corrected chi connectivity index (χ2v) is 2.50. The van der Waals surface area contributed by atoms with Gasteiger partial charge < -0.3 is 9.84 Å². The molecule has 0 radical (unpaired) electrons. The number of carboxylic acids is 1. The summed E-state index contributed by atoms with van der Waals surface area (Å²) in [5, 5.41) is 8.69. The summed E-state index contributed by atoms with van der Waals surface area (Å²) < 4.78 is 17.8. The van der Waals surface area contributed by atoms with Crippen molar-refractivity contribution in [2.45, 2.75) is 6.61 Å². The third-order valence-corrected chi connectivity index (χ3v) is 1.64. The summed E-state index contributed by atoms with van der Waals surface area (Å²) in [6, 6.07) is 3.92. The highest BCUT2D eigenvalue weighted by Crippen LogP contribution is 2.14. The zero-order valence-corrected chi connectivity index (χ0v) is 7.08. The van der Waals surface area contributed by atoms with Gasteiger partial charge in [0.2, 0.25) is 0 Å². The van der Waals surface area contributed by atoms with Crippen LogP contribution in [0.2, 0.25) is 0 Å². The number of benzene rings is 1. The van der Waals surface area contributed by atoms with Crippen molar-refractivity contribution in [3.63, 3.8) is 0 Å². The van der Waals surface area contributed by atoms with Gasteiger partial charge in [-0.25, -0.2) is 9.18 Å². The third-order valence-electron chi connectivity index (χ3n) is 1.64. The summed E-state index contributed by atoms with van der Waals surface area (Å²) in [4.78, 5) is 10.6. The minimum absolute atomic E-state index is 0.0334. The maximum absolute atomic E-state index is 13.1. The number of aromatic carboxylic acids is 1. The minimum Gasteiger partial charge on any atom is -0.478 e. The van der Waals surface area contributed by atoms with Gasteiger partial charge in [0.1, 0.15) is 5.82 Å². The average molecular weight is 184 g/mol. The summed E-state index contributed by atoms with van der Waals surface area (Å²) in [5.74, 6) is -1.70. The Morgan fingerprint density at radius 1 is 1.62 bits per heavy atom. The smallest absolute Gasteiger partial charge is 0.336 e. The molecule has 70 valence electrons. The summed E-state index contributed by atoms with van der Waals surface area (Å²) in [7, 11) is 1.39. The van der Waals surface area contributed by atoms with Crippen LogP contribution in [0.1, 0.15) is 15.9 Å². The van der Waals surface area contributed by atoms with Gasteiger partial charge in [-0.1, -0.05) is 6.07 Å². The van der Waals surface area contributed by atoms with E-state index >= 15 is 0 Å². The first kappa shape index (κ1) is 9.67. The number of hydrogen-bond acceptors (Lipinski definition) is 2. The van der Waals surface area contributed by atoms with Crippen LogP contribution in [0.5, 0.6) is 0 Å². The van der Waals surface area contributed by atoms with Crippen LogP contribution in [0, 0.1) is 5.82 Å². The molecule has 0 saturated carbocycles. The molecule has 0 amide bonds. The molecular weight excluding hydrogens is 175 g/mol. The quantitative estimate of drug-likeness (QED) is 0.777. The van der Waals surface area contributed by atoms with Gasteiger partial charge in [0, 0.05) is 12.7 Å². The highest BCUT2D eigenvalue weighted by Gasteiger charge is 2.13. The molecule has 0 aliphatic heterocycles. The fourth-order valence-corrected chi connectivity index (χ4v) is 1.05. The predicted molar refractivity (Wildman–Crippen MR) is 44.1 cm³/mol. The maximum atomic E-state index is 13.1. The Morgan fingerprint density at radius 2 is 2.31 bits per heavy atom. The van der Waals surface area contributed by atoms with Gasteiger partial charge in [0.15, 0.2) is 0 Å². The lowest BCUT2D eigenvalue weighted by Crippen LogP contribution is -2.05. The van der Waals surface area contributed by atoms with Crippen molar-refractivity contribution >= 4 is 5.97 Å². The standard InChI is InChI=1S/C9H9FO3/c1-13-5-7-6(9(11)12)3-2-4-8(7)10/h2-4H,5H2,1H3,(H,11,12). The van der Waals surface area contributed by atoms with Gasteiger partial charge in [-0.3, -0.25) is 0 Å². The molecule has 0 saturated heterocycles. The molecule has 0 aromatic heterocycles. The highest BCUT2D eigenvalue weighted by molar-refractivity contribution is 5.89. The topological polar surface area (TPSA) is 46.5 Å². The van der Waals surface area contributed by atoms with Crippen molar-refractivity contribution in [3.05, 3.63) is 35.1 Å². The first-order chi connectivity index (χ1) is 6.16. The maximum Gasteiger partial charge on any atom is 0.336 e. The number of ether oxygens (including phenoxy) is 1. The monoisotopic (exact) mass is 184 g/mol. The number of halogens is 1. The molecule has 0 heterocycles. The van der Waals surface area contributed by atoms with Crippen LogP contribution < -0.4 is 0 Å². The number of rotatable bonds is 3. The summed E-state index contributed by atoms with van der Waals surface area (Å²) in [6.45, 7) is -0.0334. The second kappa shape index (κ2) is 4.00.